The van der Waals surface area contributed by atoms with Crippen LogP contribution in [0, 0.1) is 0 Å². The quantitative estimate of drug-likeness (QED) is 0.571. The van der Waals surface area contributed by atoms with Gasteiger partial charge in [0.05, 0.1) is 11.8 Å². The van der Waals surface area contributed by atoms with E-state index >= 15 is 0 Å². The van der Waals surface area contributed by atoms with Crippen molar-refractivity contribution in [2.75, 3.05) is 13.6 Å². The fraction of sp³-hybridized carbons (Fsp3) is 0.667. The maximum Gasteiger partial charge on any atom is 0.0935 e. The van der Waals surface area contributed by atoms with Crippen molar-refractivity contribution in [3.8, 4) is 0 Å². The molecule has 10 heavy (non-hydrogen) atoms. The van der Waals surface area contributed by atoms with Gasteiger partial charge in [-0.2, -0.15) is 0 Å². The highest BCUT2D eigenvalue weighted by Crippen LogP contribution is 2.19. The Morgan fingerprint density at radius 3 is 2.60 bits per heavy atom. The minimum atomic E-state index is -0.484. The summed E-state index contributed by atoms with van der Waals surface area (Å²) in [6.45, 7) is 2.46. The average Bonchev–Trinajstić information content (AvgIpc) is 2.14. The van der Waals surface area contributed by atoms with Crippen LogP contribution in [0.2, 0.25) is 0 Å². The second kappa shape index (κ2) is 2.78. The van der Waals surface area contributed by atoms with Crippen molar-refractivity contribution in [1.82, 2.24) is 9.54 Å². The van der Waals surface area contributed by atoms with Gasteiger partial charge in [0.1, 0.15) is 0 Å². The first-order valence-electron chi connectivity index (χ1n) is 3.18. The van der Waals surface area contributed by atoms with Crippen LogP contribution in [0.5, 0.6) is 0 Å². The Morgan fingerprint density at radius 1 is 1.80 bits per heavy atom. The molecule has 0 amide bonds. The van der Waals surface area contributed by atoms with Gasteiger partial charge in [-0.15, -0.1) is 0 Å². The Bertz CT molecular complexity index is 158. The molecular formula is C6H11ClN2O. The fourth-order valence-corrected chi connectivity index (χ4v) is 1.17. The highest BCUT2D eigenvalue weighted by Gasteiger charge is 2.21. The van der Waals surface area contributed by atoms with Gasteiger partial charge < -0.3 is 5.11 Å². The van der Waals surface area contributed by atoms with E-state index in [-0.39, 0.29) is 0 Å². The highest BCUT2D eigenvalue weighted by molar-refractivity contribution is 6.14. The zero-order chi connectivity index (χ0) is 7.72. The summed E-state index contributed by atoms with van der Waals surface area (Å²) in [6.07, 6.45) is 1.42. The molecular weight excluding hydrogens is 152 g/mol. The van der Waals surface area contributed by atoms with Crippen LogP contribution in [0.3, 0.4) is 0 Å². The maximum atomic E-state index is 9.12. The van der Waals surface area contributed by atoms with Gasteiger partial charge in [0, 0.05) is 25.4 Å². The molecule has 1 aliphatic heterocycles. The van der Waals surface area contributed by atoms with E-state index in [2.05, 4.69) is 0 Å². The fourth-order valence-electron chi connectivity index (χ4n) is 0.895. The van der Waals surface area contributed by atoms with Crippen LogP contribution in [0.15, 0.2) is 11.8 Å². The Labute approximate surface area is 65.6 Å². The van der Waals surface area contributed by atoms with Crippen LogP contribution >= 0.6 is 11.8 Å². The molecule has 0 aliphatic carbocycles. The summed E-state index contributed by atoms with van der Waals surface area (Å²) in [4.78, 5) is 0. The van der Waals surface area contributed by atoms with Gasteiger partial charge in [-0.1, -0.05) is 0 Å². The summed E-state index contributed by atoms with van der Waals surface area (Å²) in [7, 11) is 1.86. The molecule has 0 aromatic carbocycles. The van der Waals surface area contributed by atoms with E-state index in [1.807, 2.05) is 18.1 Å². The number of rotatable bonds is 1. The lowest BCUT2D eigenvalue weighted by Crippen LogP contribution is -2.28. The van der Waals surface area contributed by atoms with Crippen molar-refractivity contribution in [3.63, 3.8) is 0 Å². The lowest BCUT2D eigenvalue weighted by Gasteiger charge is -2.22. The molecule has 3 nitrogen and oxygen atoms in total. The van der Waals surface area contributed by atoms with Crippen molar-refractivity contribution in [3.05, 3.63) is 11.8 Å². The van der Waals surface area contributed by atoms with Crippen LogP contribution < -0.4 is 0 Å². The smallest absolute Gasteiger partial charge is 0.0935 e. The SMILES string of the molecule is CC(O)C1=CCN(C)N1Cl. The van der Waals surface area contributed by atoms with Gasteiger partial charge in [-0.05, 0) is 13.0 Å². The standard InChI is InChI=1S/C6H11ClN2O/c1-5(10)6-3-4-8(2)9(6)7/h3,5,10H,4H2,1-2H3. The molecule has 0 saturated carbocycles. The largest absolute Gasteiger partial charge is 0.387 e. The lowest BCUT2D eigenvalue weighted by molar-refractivity contribution is 0.127. The summed E-state index contributed by atoms with van der Waals surface area (Å²) >= 11 is 5.75. The van der Waals surface area contributed by atoms with Gasteiger partial charge in [-0.25, -0.2) is 9.54 Å². The lowest BCUT2D eigenvalue weighted by atomic mass is 10.3. The monoisotopic (exact) mass is 162 g/mol. The molecule has 0 fully saturated rings. The number of aliphatic hydroxyl groups excluding tert-OH is 1. The molecule has 1 rings (SSSR count). The minimum Gasteiger partial charge on any atom is -0.387 e. The Hall–Kier alpha value is -0.250. The molecule has 4 heteroatoms. The van der Waals surface area contributed by atoms with Gasteiger partial charge in [-0.3, -0.25) is 0 Å². The van der Waals surface area contributed by atoms with Crippen LogP contribution in [-0.2, 0) is 0 Å². The first kappa shape index (κ1) is 7.85. The number of nitrogens with zero attached hydrogens (tertiary/aromatic N) is 2. The zero-order valence-corrected chi connectivity index (χ0v) is 6.84. The normalized spacial score (nSPS) is 23.2. The minimum absolute atomic E-state index is 0.484. The van der Waals surface area contributed by atoms with Crippen molar-refractivity contribution < 1.29 is 5.11 Å². The van der Waals surface area contributed by atoms with E-state index in [1.54, 1.807) is 6.92 Å². The average molecular weight is 163 g/mol. The number of likely N-dealkylation sites (N-methyl/N-ethyl adjacent to an activating group) is 1. The Morgan fingerprint density at radius 2 is 2.40 bits per heavy atom. The Balaban J connectivity index is 2.62. The summed E-state index contributed by atoms with van der Waals surface area (Å²) in [6, 6.07) is 0. The zero-order valence-electron chi connectivity index (χ0n) is 6.08. The molecule has 0 bridgehead atoms. The van der Waals surface area contributed by atoms with E-state index in [0.717, 1.165) is 12.2 Å². The van der Waals surface area contributed by atoms with Gasteiger partial charge in [0.15, 0.2) is 0 Å². The first-order valence-corrected chi connectivity index (χ1v) is 3.52. The maximum absolute atomic E-state index is 9.12. The molecule has 0 spiro atoms. The highest BCUT2D eigenvalue weighted by atomic mass is 35.5. The van der Waals surface area contributed by atoms with Gasteiger partial charge >= 0.3 is 0 Å². The molecule has 1 unspecified atom stereocenters. The van der Waals surface area contributed by atoms with Crippen LogP contribution in [0.25, 0.3) is 0 Å². The number of hydrogen-bond acceptors (Lipinski definition) is 3. The number of aliphatic hydroxyl groups is 1. The third kappa shape index (κ3) is 1.26. The van der Waals surface area contributed by atoms with E-state index in [1.165, 1.54) is 4.53 Å². The van der Waals surface area contributed by atoms with Crippen molar-refractivity contribution >= 4 is 11.8 Å². The predicted octanol–water partition coefficient (Wildman–Crippen LogP) is 0.567. The van der Waals surface area contributed by atoms with E-state index in [9.17, 15) is 0 Å². The summed E-state index contributed by atoms with van der Waals surface area (Å²) in [5.41, 5.74) is 0.754. The number of halogens is 1. The predicted molar refractivity (Wildman–Crippen MR) is 40.1 cm³/mol. The molecule has 1 aliphatic rings. The van der Waals surface area contributed by atoms with E-state index < -0.39 is 6.10 Å². The number of hydrazine groups is 1. The molecule has 1 N–H and O–H groups in total. The van der Waals surface area contributed by atoms with E-state index in [0.29, 0.717) is 0 Å². The van der Waals surface area contributed by atoms with E-state index in [4.69, 9.17) is 16.9 Å². The molecule has 1 heterocycles. The molecule has 0 aromatic rings. The Kier molecular flexibility index (Phi) is 2.18. The first-order chi connectivity index (χ1) is 4.63. The molecule has 0 saturated heterocycles. The second-order valence-electron chi connectivity index (χ2n) is 2.41. The molecule has 58 valence electrons. The van der Waals surface area contributed by atoms with Crippen molar-refractivity contribution in [1.29, 1.82) is 0 Å². The van der Waals surface area contributed by atoms with Gasteiger partial charge in [0.25, 0.3) is 0 Å². The van der Waals surface area contributed by atoms with Crippen LogP contribution in [0.4, 0.5) is 0 Å². The topological polar surface area (TPSA) is 26.7 Å². The molecule has 0 radical (unpaired) electrons. The van der Waals surface area contributed by atoms with Crippen LogP contribution in [0.1, 0.15) is 6.92 Å². The van der Waals surface area contributed by atoms with Crippen molar-refractivity contribution in [2.45, 2.75) is 13.0 Å². The summed E-state index contributed by atoms with van der Waals surface area (Å²) in [5.74, 6) is 0. The second-order valence-corrected chi connectivity index (χ2v) is 2.73. The molecule has 0 aromatic heterocycles. The third-order valence-corrected chi connectivity index (χ3v) is 1.96. The third-order valence-electron chi connectivity index (χ3n) is 1.51. The van der Waals surface area contributed by atoms with Gasteiger partial charge in [0.2, 0.25) is 0 Å². The molecule has 1 atom stereocenters. The van der Waals surface area contributed by atoms with Crippen LogP contribution in [-0.4, -0.2) is 34.3 Å². The summed E-state index contributed by atoms with van der Waals surface area (Å²) < 4.78 is 1.44. The number of hydrogen-bond donors (Lipinski definition) is 1. The summed E-state index contributed by atoms with van der Waals surface area (Å²) in [5, 5.41) is 10.9. The van der Waals surface area contributed by atoms with Crippen molar-refractivity contribution in [2.24, 2.45) is 0 Å².